The zero-order chi connectivity index (χ0) is 15.8. The van der Waals surface area contributed by atoms with Gasteiger partial charge in [0, 0.05) is 6.61 Å². The fraction of sp³-hybridized carbons (Fsp3) is 0.611. The first-order valence-corrected chi connectivity index (χ1v) is 8.07. The number of carboxylic acid groups (broad SMARTS) is 1. The summed E-state index contributed by atoms with van der Waals surface area (Å²) in [5, 5.41) is 16.9. The minimum atomic E-state index is -0.786. The molecule has 0 atom stereocenters. The molecule has 0 aliphatic carbocycles. The van der Waals surface area contributed by atoms with E-state index in [0.717, 1.165) is 12.0 Å². The van der Waals surface area contributed by atoms with Crippen LogP contribution < -0.4 is 0 Å². The maximum Gasteiger partial charge on any atom is 0.307 e. The van der Waals surface area contributed by atoms with Crippen molar-refractivity contribution in [3.05, 3.63) is 35.9 Å². The monoisotopic (exact) mass is 294 g/mol. The molecule has 0 aromatic heterocycles. The van der Waals surface area contributed by atoms with Crippen molar-refractivity contribution in [3.63, 3.8) is 0 Å². The number of aliphatic hydroxyl groups is 1. The smallest absolute Gasteiger partial charge is 0.307 e. The maximum absolute atomic E-state index is 10.2. The first-order valence-electron chi connectivity index (χ1n) is 8.07. The van der Waals surface area contributed by atoms with Crippen molar-refractivity contribution in [3.8, 4) is 0 Å². The fourth-order valence-electron chi connectivity index (χ4n) is 2.02. The highest BCUT2D eigenvalue weighted by atomic mass is 16.4. The van der Waals surface area contributed by atoms with E-state index in [1.54, 1.807) is 12.1 Å². The van der Waals surface area contributed by atoms with Crippen molar-refractivity contribution < 1.29 is 15.0 Å². The summed E-state index contributed by atoms with van der Waals surface area (Å²) in [5.41, 5.74) is 0.843. The van der Waals surface area contributed by atoms with Crippen molar-refractivity contribution in [1.82, 2.24) is 0 Å². The van der Waals surface area contributed by atoms with E-state index in [1.807, 2.05) is 18.2 Å². The van der Waals surface area contributed by atoms with Gasteiger partial charge in [-0.2, -0.15) is 0 Å². The molecule has 3 heteroatoms. The molecule has 3 nitrogen and oxygen atoms in total. The molecule has 0 aliphatic heterocycles. The molecule has 0 spiro atoms. The molecule has 0 unspecified atom stereocenters. The van der Waals surface area contributed by atoms with Crippen molar-refractivity contribution in [1.29, 1.82) is 0 Å². The number of hydrogen-bond acceptors (Lipinski definition) is 2. The van der Waals surface area contributed by atoms with Gasteiger partial charge in [0.1, 0.15) is 0 Å². The largest absolute Gasteiger partial charge is 0.481 e. The van der Waals surface area contributed by atoms with Crippen molar-refractivity contribution in [2.75, 3.05) is 6.61 Å². The predicted molar refractivity (Wildman–Crippen MR) is 87.5 cm³/mol. The average molecular weight is 294 g/mol. The highest BCUT2D eigenvalue weighted by Gasteiger charge is 1.96. The van der Waals surface area contributed by atoms with Crippen LogP contribution in [0.4, 0.5) is 0 Å². The van der Waals surface area contributed by atoms with Gasteiger partial charge in [0.25, 0.3) is 0 Å². The fourth-order valence-corrected chi connectivity index (χ4v) is 2.02. The van der Waals surface area contributed by atoms with Crippen LogP contribution in [0.1, 0.15) is 63.9 Å². The Bertz CT molecular complexity index is 328. The molecule has 0 saturated heterocycles. The van der Waals surface area contributed by atoms with E-state index >= 15 is 0 Å². The van der Waals surface area contributed by atoms with Crippen LogP contribution in [0.5, 0.6) is 0 Å². The summed E-state index contributed by atoms with van der Waals surface area (Å²) in [6.07, 6.45) is 10.5. The van der Waals surface area contributed by atoms with Gasteiger partial charge in [-0.25, -0.2) is 0 Å². The van der Waals surface area contributed by atoms with Gasteiger partial charge in [0.2, 0.25) is 0 Å². The van der Waals surface area contributed by atoms with Crippen LogP contribution >= 0.6 is 0 Å². The molecule has 1 aromatic carbocycles. The Labute approximate surface area is 129 Å². The summed E-state index contributed by atoms with van der Waals surface area (Å²) < 4.78 is 0. The Morgan fingerprint density at radius 1 is 0.905 bits per heavy atom. The van der Waals surface area contributed by atoms with E-state index in [-0.39, 0.29) is 6.42 Å². The van der Waals surface area contributed by atoms with Crippen LogP contribution in [0.2, 0.25) is 0 Å². The summed E-state index contributed by atoms with van der Waals surface area (Å²) in [5.74, 6) is -0.786. The number of rotatable bonds is 10. The van der Waals surface area contributed by atoms with Crippen LogP contribution in [0.3, 0.4) is 0 Å². The number of benzene rings is 1. The second-order valence-electron chi connectivity index (χ2n) is 5.25. The summed E-state index contributed by atoms with van der Waals surface area (Å²) in [6, 6.07) is 9.13. The van der Waals surface area contributed by atoms with Crippen LogP contribution in [-0.2, 0) is 11.2 Å². The molecular weight excluding hydrogens is 264 g/mol. The zero-order valence-electron chi connectivity index (χ0n) is 13.3. The Balaban J connectivity index is 0.000000382. The number of carboxylic acids is 1. The van der Waals surface area contributed by atoms with E-state index in [9.17, 15) is 4.79 Å². The van der Waals surface area contributed by atoms with Gasteiger partial charge in [-0.3, -0.25) is 4.79 Å². The van der Waals surface area contributed by atoms with Gasteiger partial charge in [-0.15, -0.1) is 0 Å². The number of aliphatic hydroxyl groups excluding tert-OH is 1. The summed E-state index contributed by atoms with van der Waals surface area (Å²) >= 11 is 0. The third kappa shape index (κ3) is 14.9. The molecular formula is C18H30O3. The Kier molecular flexibility index (Phi) is 14.1. The Morgan fingerprint density at radius 3 is 1.90 bits per heavy atom. The number of hydrogen-bond donors (Lipinski definition) is 2. The van der Waals surface area contributed by atoms with E-state index in [2.05, 4.69) is 6.92 Å². The Morgan fingerprint density at radius 2 is 1.43 bits per heavy atom. The van der Waals surface area contributed by atoms with E-state index in [4.69, 9.17) is 10.2 Å². The topological polar surface area (TPSA) is 57.5 Å². The van der Waals surface area contributed by atoms with Crippen LogP contribution in [0, 0.1) is 0 Å². The van der Waals surface area contributed by atoms with E-state index in [0.29, 0.717) is 6.61 Å². The maximum atomic E-state index is 10.2. The minimum Gasteiger partial charge on any atom is -0.481 e. The number of unbranched alkanes of at least 4 members (excludes halogenated alkanes) is 7. The lowest BCUT2D eigenvalue weighted by Crippen LogP contribution is -1.98. The minimum absolute atomic E-state index is 0.112. The third-order valence-electron chi connectivity index (χ3n) is 3.21. The molecule has 120 valence electrons. The second-order valence-corrected chi connectivity index (χ2v) is 5.25. The third-order valence-corrected chi connectivity index (χ3v) is 3.21. The zero-order valence-corrected chi connectivity index (χ0v) is 13.3. The molecule has 0 radical (unpaired) electrons. The molecule has 1 aromatic rings. The molecule has 0 amide bonds. The lowest BCUT2D eigenvalue weighted by molar-refractivity contribution is -0.136. The van der Waals surface area contributed by atoms with Crippen molar-refractivity contribution in [2.45, 2.75) is 64.7 Å². The summed E-state index contributed by atoms with van der Waals surface area (Å²) in [4.78, 5) is 10.2. The Hall–Kier alpha value is -1.35. The molecule has 0 saturated carbocycles. The predicted octanol–water partition coefficient (Wildman–Crippen LogP) is 4.43. The molecule has 21 heavy (non-hydrogen) atoms. The van der Waals surface area contributed by atoms with Gasteiger partial charge in [0.05, 0.1) is 6.42 Å². The molecule has 2 N–H and O–H groups in total. The van der Waals surface area contributed by atoms with E-state index < -0.39 is 5.97 Å². The average Bonchev–Trinajstić information content (AvgIpc) is 2.47. The van der Waals surface area contributed by atoms with Crippen LogP contribution in [0.15, 0.2) is 30.3 Å². The van der Waals surface area contributed by atoms with Gasteiger partial charge in [-0.1, -0.05) is 82.2 Å². The first kappa shape index (κ1) is 19.7. The molecule has 1 rings (SSSR count). The van der Waals surface area contributed by atoms with E-state index in [1.165, 1.54) is 44.9 Å². The lowest BCUT2D eigenvalue weighted by atomic mass is 10.1. The van der Waals surface area contributed by atoms with Gasteiger partial charge < -0.3 is 10.2 Å². The van der Waals surface area contributed by atoms with Crippen LogP contribution in [0.25, 0.3) is 0 Å². The highest BCUT2D eigenvalue weighted by molar-refractivity contribution is 5.70. The SMILES string of the molecule is CCCCCCCCCCO.O=C(O)Cc1ccccc1. The van der Waals surface area contributed by atoms with Crippen LogP contribution in [-0.4, -0.2) is 22.8 Å². The van der Waals surface area contributed by atoms with Gasteiger partial charge in [0.15, 0.2) is 0 Å². The quantitative estimate of drug-likeness (QED) is 0.627. The summed E-state index contributed by atoms with van der Waals surface area (Å²) in [7, 11) is 0. The second kappa shape index (κ2) is 15.0. The van der Waals surface area contributed by atoms with Gasteiger partial charge in [-0.05, 0) is 12.0 Å². The number of carbonyl (C=O) groups is 1. The molecule has 0 aliphatic rings. The number of aliphatic carboxylic acids is 1. The van der Waals surface area contributed by atoms with Gasteiger partial charge >= 0.3 is 5.97 Å². The highest BCUT2D eigenvalue weighted by Crippen LogP contribution is 2.07. The molecule has 0 fully saturated rings. The molecule has 0 heterocycles. The first-order chi connectivity index (χ1) is 10.2. The summed E-state index contributed by atoms with van der Waals surface area (Å²) in [6.45, 7) is 2.61. The molecule has 0 bridgehead atoms. The lowest BCUT2D eigenvalue weighted by Gasteiger charge is -1.98. The van der Waals surface area contributed by atoms with Crippen molar-refractivity contribution in [2.24, 2.45) is 0 Å². The normalized spacial score (nSPS) is 9.81. The van der Waals surface area contributed by atoms with Crippen molar-refractivity contribution >= 4 is 5.97 Å². The standard InChI is InChI=1S/C10H22O.C8H8O2/c1-2-3-4-5-6-7-8-9-10-11;9-8(10)6-7-4-2-1-3-5-7/h11H,2-10H2,1H3;1-5H,6H2,(H,9,10).